The van der Waals surface area contributed by atoms with E-state index in [2.05, 4.69) is 32.8 Å². The van der Waals surface area contributed by atoms with E-state index in [0.717, 1.165) is 22.7 Å². The minimum atomic E-state index is 0.328. The van der Waals surface area contributed by atoms with Crippen LogP contribution in [-0.2, 0) is 4.74 Å². The summed E-state index contributed by atoms with van der Waals surface area (Å²) in [6.45, 7) is 2.98. The topological polar surface area (TPSA) is 35.0 Å². The third-order valence-corrected chi connectivity index (χ3v) is 4.01. The van der Waals surface area contributed by atoms with Gasteiger partial charge in [-0.3, -0.25) is 0 Å². The maximum Gasteiger partial charge on any atom is 0.118 e. The molecule has 1 aromatic rings. The average Bonchev–Trinajstić information content (AvgIpc) is 2.52. The Kier molecular flexibility index (Phi) is 3.41. The molecule has 0 radical (unpaired) electrons. The minimum absolute atomic E-state index is 0.328. The fraction of sp³-hybridized carbons (Fsp3) is 0.556. The van der Waals surface area contributed by atoms with E-state index in [1.807, 2.05) is 6.07 Å². The van der Waals surface area contributed by atoms with Crippen LogP contribution in [0.5, 0.6) is 0 Å². The van der Waals surface area contributed by atoms with Crippen LogP contribution in [0.1, 0.15) is 13.3 Å². The van der Waals surface area contributed by atoms with Gasteiger partial charge in [0.1, 0.15) is 16.0 Å². The molecular weight excluding hydrogens is 264 g/mol. The Morgan fingerprint density at radius 3 is 3.07 bits per heavy atom. The highest BCUT2D eigenvalue weighted by molar-refractivity contribution is 9.10. The molecule has 1 aliphatic rings. The fourth-order valence-corrected chi connectivity index (χ4v) is 2.95. The summed E-state index contributed by atoms with van der Waals surface area (Å²) in [6, 6.07) is 1.94. The first kappa shape index (κ1) is 10.4. The van der Waals surface area contributed by atoms with Crippen molar-refractivity contribution in [2.75, 3.05) is 6.61 Å². The zero-order valence-electron chi connectivity index (χ0n) is 7.81. The standard InChI is InChI=1S/C9H11BrN2OS/c1-6-7(2-3-13-6)14-9-4-8(10)11-5-12-9/h4-7H,2-3H2,1H3. The molecule has 0 aromatic carbocycles. The second kappa shape index (κ2) is 4.59. The molecule has 5 heteroatoms. The molecule has 14 heavy (non-hydrogen) atoms. The van der Waals surface area contributed by atoms with Crippen molar-refractivity contribution >= 4 is 27.7 Å². The zero-order chi connectivity index (χ0) is 9.97. The highest BCUT2D eigenvalue weighted by atomic mass is 79.9. The summed E-state index contributed by atoms with van der Waals surface area (Å²) in [5.41, 5.74) is 0. The van der Waals surface area contributed by atoms with Gasteiger partial charge in [0.25, 0.3) is 0 Å². The van der Waals surface area contributed by atoms with Gasteiger partial charge in [0.05, 0.1) is 6.10 Å². The van der Waals surface area contributed by atoms with E-state index in [-0.39, 0.29) is 0 Å². The van der Waals surface area contributed by atoms with Crippen LogP contribution in [0.2, 0.25) is 0 Å². The minimum Gasteiger partial charge on any atom is -0.377 e. The Morgan fingerprint density at radius 1 is 1.57 bits per heavy atom. The number of hydrogen-bond donors (Lipinski definition) is 0. The molecule has 0 N–H and O–H groups in total. The van der Waals surface area contributed by atoms with Crippen LogP contribution in [0.25, 0.3) is 0 Å². The van der Waals surface area contributed by atoms with Crippen LogP contribution in [0, 0.1) is 0 Å². The molecule has 1 aliphatic heterocycles. The number of thioether (sulfide) groups is 1. The smallest absolute Gasteiger partial charge is 0.118 e. The van der Waals surface area contributed by atoms with E-state index in [4.69, 9.17) is 4.74 Å². The van der Waals surface area contributed by atoms with E-state index in [9.17, 15) is 0 Å². The van der Waals surface area contributed by atoms with Gasteiger partial charge in [-0.05, 0) is 29.3 Å². The average molecular weight is 275 g/mol. The lowest BCUT2D eigenvalue weighted by atomic mass is 10.3. The van der Waals surface area contributed by atoms with Crippen LogP contribution in [0.15, 0.2) is 22.0 Å². The lowest BCUT2D eigenvalue weighted by Crippen LogP contribution is -2.13. The lowest BCUT2D eigenvalue weighted by molar-refractivity contribution is 0.127. The van der Waals surface area contributed by atoms with Crippen molar-refractivity contribution in [2.45, 2.75) is 29.7 Å². The highest BCUT2D eigenvalue weighted by Crippen LogP contribution is 2.31. The molecule has 76 valence electrons. The summed E-state index contributed by atoms with van der Waals surface area (Å²) in [7, 11) is 0. The molecule has 1 fully saturated rings. The van der Waals surface area contributed by atoms with Crippen LogP contribution < -0.4 is 0 Å². The number of hydrogen-bond acceptors (Lipinski definition) is 4. The van der Waals surface area contributed by atoms with Gasteiger partial charge in [-0.25, -0.2) is 9.97 Å². The molecule has 1 aromatic heterocycles. The van der Waals surface area contributed by atoms with Gasteiger partial charge in [-0.1, -0.05) is 0 Å². The second-order valence-electron chi connectivity index (χ2n) is 3.20. The maximum absolute atomic E-state index is 5.49. The Hall–Kier alpha value is -0.130. The zero-order valence-corrected chi connectivity index (χ0v) is 10.2. The third-order valence-electron chi connectivity index (χ3n) is 2.19. The van der Waals surface area contributed by atoms with Gasteiger partial charge < -0.3 is 4.74 Å². The van der Waals surface area contributed by atoms with Crippen molar-refractivity contribution in [1.82, 2.24) is 9.97 Å². The quantitative estimate of drug-likeness (QED) is 0.777. The van der Waals surface area contributed by atoms with Crippen molar-refractivity contribution in [2.24, 2.45) is 0 Å². The Bertz CT molecular complexity index is 323. The Balaban J connectivity index is 2.03. The lowest BCUT2D eigenvalue weighted by Gasteiger charge is -2.12. The van der Waals surface area contributed by atoms with E-state index >= 15 is 0 Å². The van der Waals surface area contributed by atoms with E-state index < -0.39 is 0 Å². The van der Waals surface area contributed by atoms with Crippen molar-refractivity contribution < 1.29 is 4.74 Å². The molecule has 0 saturated carbocycles. The molecule has 0 spiro atoms. The van der Waals surface area contributed by atoms with Gasteiger partial charge in [-0.2, -0.15) is 0 Å². The molecular formula is C9H11BrN2OS. The maximum atomic E-state index is 5.49. The summed E-state index contributed by atoms with van der Waals surface area (Å²) >= 11 is 5.10. The SMILES string of the molecule is CC1OCCC1Sc1cc(Br)ncn1. The third kappa shape index (κ3) is 2.46. The first-order valence-corrected chi connectivity index (χ1v) is 6.19. The van der Waals surface area contributed by atoms with Crippen molar-refractivity contribution in [3.8, 4) is 0 Å². The largest absolute Gasteiger partial charge is 0.377 e. The Morgan fingerprint density at radius 2 is 2.43 bits per heavy atom. The second-order valence-corrected chi connectivity index (χ2v) is 5.27. The fourth-order valence-electron chi connectivity index (χ4n) is 1.40. The Labute approximate surface area is 95.8 Å². The van der Waals surface area contributed by atoms with Crippen molar-refractivity contribution in [3.63, 3.8) is 0 Å². The normalized spacial score (nSPS) is 26.7. The van der Waals surface area contributed by atoms with Crippen LogP contribution in [-0.4, -0.2) is 27.9 Å². The molecule has 3 nitrogen and oxygen atoms in total. The number of rotatable bonds is 2. The van der Waals surface area contributed by atoms with Gasteiger partial charge >= 0.3 is 0 Å². The molecule has 2 rings (SSSR count). The monoisotopic (exact) mass is 274 g/mol. The van der Waals surface area contributed by atoms with Gasteiger partial charge in [0, 0.05) is 17.9 Å². The summed E-state index contributed by atoms with van der Waals surface area (Å²) < 4.78 is 6.33. The number of ether oxygens (including phenoxy) is 1. The molecule has 0 bridgehead atoms. The predicted molar refractivity (Wildman–Crippen MR) is 59.4 cm³/mol. The van der Waals surface area contributed by atoms with E-state index in [1.165, 1.54) is 0 Å². The summed E-state index contributed by atoms with van der Waals surface area (Å²) in [5.74, 6) is 0. The number of halogens is 1. The summed E-state index contributed by atoms with van der Waals surface area (Å²) in [6.07, 6.45) is 3.01. The predicted octanol–water partition coefficient (Wildman–Crippen LogP) is 2.51. The van der Waals surface area contributed by atoms with Gasteiger partial charge in [0.15, 0.2) is 0 Å². The van der Waals surface area contributed by atoms with Crippen LogP contribution in [0.4, 0.5) is 0 Å². The molecule has 2 heterocycles. The van der Waals surface area contributed by atoms with E-state index in [0.29, 0.717) is 11.4 Å². The highest BCUT2D eigenvalue weighted by Gasteiger charge is 2.25. The molecule has 2 atom stereocenters. The van der Waals surface area contributed by atoms with E-state index in [1.54, 1.807) is 18.1 Å². The molecule has 0 aliphatic carbocycles. The van der Waals surface area contributed by atoms with Crippen LogP contribution >= 0.6 is 27.7 Å². The van der Waals surface area contributed by atoms with Crippen molar-refractivity contribution in [1.29, 1.82) is 0 Å². The van der Waals surface area contributed by atoms with Gasteiger partial charge in [-0.15, -0.1) is 11.8 Å². The number of aromatic nitrogens is 2. The summed E-state index contributed by atoms with van der Waals surface area (Å²) in [4.78, 5) is 8.20. The van der Waals surface area contributed by atoms with Crippen molar-refractivity contribution in [3.05, 3.63) is 17.0 Å². The first-order chi connectivity index (χ1) is 6.75. The van der Waals surface area contributed by atoms with Crippen LogP contribution in [0.3, 0.4) is 0 Å². The number of nitrogens with zero attached hydrogens (tertiary/aromatic N) is 2. The van der Waals surface area contributed by atoms with Gasteiger partial charge in [0.2, 0.25) is 0 Å². The molecule has 0 amide bonds. The first-order valence-electron chi connectivity index (χ1n) is 4.51. The molecule has 1 saturated heterocycles. The molecule has 2 unspecified atom stereocenters. The summed E-state index contributed by atoms with van der Waals surface area (Å²) in [5, 5.41) is 1.53.